The monoisotopic (exact) mass is 161 g/mol. The summed E-state index contributed by atoms with van der Waals surface area (Å²) >= 11 is 4.99. The van der Waals surface area contributed by atoms with Crippen LogP contribution < -0.4 is 0 Å². The molecule has 5 heteroatoms. The molecule has 0 aromatic heterocycles. The maximum absolute atomic E-state index is 10.3. The van der Waals surface area contributed by atoms with E-state index >= 15 is 0 Å². The predicted octanol–water partition coefficient (Wildman–Crippen LogP) is 0.209. The van der Waals surface area contributed by atoms with E-state index in [1.165, 1.54) is 6.07 Å². The fourth-order valence-electron chi connectivity index (χ4n) is 0.255. The van der Waals surface area contributed by atoms with Crippen LogP contribution in [0, 0.1) is 11.3 Å². The number of carbonyl (C=O) groups is 2. The fraction of sp³-hybridized carbons (Fsp3) is 0.400. The first kappa shape index (κ1) is 8.92. The number of esters is 2. The van der Waals surface area contributed by atoms with Gasteiger partial charge in [0.1, 0.15) is 12.3 Å². The quantitative estimate of drug-likeness (QED) is 0.330. The normalized spacial score (nSPS) is 8.00. The van der Waals surface area contributed by atoms with Gasteiger partial charge in [-0.2, -0.15) is 5.26 Å². The molecule has 0 rings (SSSR count). The second-order valence-electron chi connectivity index (χ2n) is 1.31. The first-order valence-electron chi connectivity index (χ1n) is 2.37. The molecule has 0 N–H and O–H groups in total. The van der Waals surface area contributed by atoms with Crippen molar-refractivity contribution in [2.45, 2.75) is 6.42 Å². The summed E-state index contributed by atoms with van der Waals surface area (Å²) in [5, 5.41) is 7.93. The van der Waals surface area contributed by atoms with Crippen molar-refractivity contribution < 1.29 is 14.3 Å². The lowest BCUT2D eigenvalue weighted by Gasteiger charge is -1.93. The van der Waals surface area contributed by atoms with Crippen LogP contribution in [0.3, 0.4) is 0 Å². The van der Waals surface area contributed by atoms with Crippen molar-refractivity contribution in [2.24, 2.45) is 0 Å². The zero-order chi connectivity index (χ0) is 7.98. The number of hydrogen-bond acceptors (Lipinski definition) is 4. The number of nitrogens with zero attached hydrogens (tertiary/aromatic N) is 1. The highest BCUT2D eigenvalue weighted by molar-refractivity contribution is 6.27. The summed E-state index contributed by atoms with van der Waals surface area (Å²) in [5.41, 5.74) is 0. The average molecular weight is 162 g/mol. The molecule has 0 amide bonds. The smallest absolute Gasteiger partial charge is 0.328 e. The summed E-state index contributed by atoms with van der Waals surface area (Å²) in [7, 11) is 0. The van der Waals surface area contributed by atoms with Gasteiger partial charge >= 0.3 is 11.9 Å². The minimum Gasteiger partial charge on any atom is -0.391 e. The average Bonchev–Trinajstić information content (AvgIpc) is 1.88. The van der Waals surface area contributed by atoms with Crippen molar-refractivity contribution in [2.75, 3.05) is 5.88 Å². The molecule has 4 nitrogen and oxygen atoms in total. The van der Waals surface area contributed by atoms with Gasteiger partial charge < -0.3 is 4.74 Å². The number of ether oxygens (including phenoxy) is 1. The lowest BCUT2D eigenvalue weighted by Crippen LogP contribution is -2.12. The van der Waals surface area contributed by atoms with Crippen LogP contribution in [-0.2, 0) is 14.3 Å². The topological polar surface area (TPSA) is 67.2 Å². The van der Waals surface area contributed by atoms with Crippen LogP contribution in [0.4, 0.5) is 0 Å². The Bertz CT molecular complexity index is 184. The van der Waals surface area contributed by atoms with E-state index in [1.807, 2.05) is 0 Å². The number of carbonyl (C=O) groups excluding carboxylic acids is 2. The zero-order valence-corrected chi connectivity index (χ0v) is 5.72. The molecule has 0 aromatic rings. The van der Waals surface area contributed by atoms with Crippen LogP contribution in [0.5, 0.6) is 0 Å². The Hall–Kier alpha value is -1.08. The van der Waals surface area contributed by atoms with Gasteiger partial charge in [0.15, 0.2) is 0 Å². The third-order valence-corrected chi connectivity index (χ3v) is 0.778. The Labute approximate surface area is 62.3 Å². The lowest BCUT2D eigenvalue weighted by molar-refractivity contribution is -0.157. The van der Waals surface area contributed by atoms with Crippen molar-refractivity contribution in [3.8, 4) is 6.07 Å². The summed E-state index contributed by atoms with van der Waals surface area (Å²) in [5.74, 6) is -2.08. The molecule has 0 atom stereocenters. The van der Waals surface area contributed by atoms with E-state index in [1.54, 1.807) is 0 Å². The first-order valence-corrected chi connectivity index (χ1v) is 2.90. The van der Waals surface area contributed by atoms with Gasteiger partial charge in [0.25, 0.3) is 0 Å². The van der Waals surface area contributed by atoms with E-state index < -0.39 is 18.4 Å². The zero-order valence-electron chi connectivity index (χ0n) is 4.96. The predicted molar refractivity (Wildman–Crippen MR) is 32.0 cm³/mol. The molecule has 0 fully saturated rings. The maximum atomic E-state index is 10.3. The van der Waals surface area contributed by atoms with Crippen molar-refractivity contribution in [3.05, 3.63) is 0 Å². The van der Waals surface area contributed by atoms with E-state index in [9.17, 15) is 9.59 Å². The molecule has 0 aliphatic heterocycles. The number of alkyl halides is 1. The van der Waals surface area contributed by atoms with E-state index in [4.69, 9.17) is 16.9 Å². The third-order valence-electron chi connectivity index (χ3n) is 0.560. The molecule has 0 saturated heterocycles. The minimum atomic E-state index is -0.867. The number of rotatable bonds is 2. The fourth-order valence-corrected chi connectivity index (χ4v) is 0.309. The Morgan fingerprint density at radius 3 is 2.50 bits per heavy atom. The van der Waals surface area contributed by atoms with Crippen LogP contribution in [0.15, 0.2) is 0 Å². The molecule has 0 unspecified atom stereocenters. The minimum absolute atomic E-state index is 0.378. The second kappa shape index (κ2) is 4.77. The standard InChI is InChI=1S/C5H4ClNO3/c6-3-5(9)10-4(8)1-2-7/h1,3H2. The van der Waals surface area contributed by atoms with Crippen molar-refractivity contribution in [3.63, 3.8) is 0 Å². The van der Waals surface area contributed by atoms with Gasteiger partial charge in [-0.3, -0.25) is 9.59 Å². The van der Waals surface area contributed by atoms with E-state index in [-0.39, 0.29) is 5.88 Å². The largest absolute Gasteiger partial charge is 0.391 e. The van der Waals surface area contributed by atoms with Crippen molar-refractivity contribution in [1.29, 1.82) is 5.26 Å². The number of nitriles is 1. The van der Waals surface area contributed by atoms with E-state index in [0.717, 1.165) is 0 Å². The molecule has 0 saturated carbocycles. The van der Waals surface area contributed by atoms with Crippen LogP contribution in [0.25, 0.3) is 0 Å². The summed E-state index contributed by atoms with van der Waals surface area (Å²) < 4.78 is 4.01. The Morgan fingerprint density at radius 2 is 2.10 bits per heavy atom. The molecule has 10 heavy (non-hydrogen) atoms. The van der Waals surface area contributed by atoms with Gasteiger partial charge in [-0.05, 0) is 0 Å². The first-order chi connectivity index (χ1) is 4.70. The third kappa shape index (κ3) is 3.87. The van der Waals surface area contributed by atoms with Gasteiger partial charge in [0, 0.05) is 0 Å². The molecule has 0 aromatic carbocycles. The summed E-state index contributed by atoms with van der Waals surface area (Å²) in [6, 6.07) is 1.53. The van der Waals surface area contributed by atoms with Gasteiger partial charge in [-0.15, -0.1) is 11.6 Å². The molecular formula is C5H4ClNO3. The Morgan fingerprint density at radius 1 is 1.50 bits per heavy atom. The van der Waals surface area contributed by atoms with Gasteiger partial charge in [-0.1, -0.05) is 0 Å². The maximum Gasteiger partial charge on any atom is 0.328 e. The Kier molecular flexibility index (Phi) is 4.25. The van der Waals surface area contributed by atoms with Crippen molar-refractivity contribution >= 4 is 23.5 Å². The molecule has 0 spiro atoms. The van der Waals surface area contributed by atoms with Crippen LogP contribution in [0.1, 0.15) is 6.42 Å². The molecular weight excluding hydrogens is 158 g/mol. The SMILES string of the molecule is N#CCC(=O)OC(=O)CCl. The second-order valence-corrected chi connectivity index (χ2v) is 1.58. The van der Waals surface area contributed by atoms with Gasteiger partial charge in [-0.25, -0.2) is 0 Å². The summed E-state index contributed by atoms with van der Waals surface area (Å²) in [6.07, 6.45) is -0.428. The number of halogens is 1. The van der Waals surface area contributed by atoms with E-state index in [0.29, 0.717) is 0 Å². The highest BCUT2D eigenvalue weighted by Gasteiger charge is 2.06. The number of hydrogen-bond donors (Lipinski definition) is 0. The molecule has 0 radical (unpaired) electrons. The molecule has 54 valence electrons. The molecule has 0 heterocycles. The van der Waals surface area contributed by atoms with Crippen LogP contribution in [-0.4, -0.2) is 17.8 Å². The summed E-state index contributed by atoms with van der Waals surface area (Å²) in [6.45, 7) is 0. The highest BCUT2D eigenvalue weighted by Crippen LogP contribution is 1.87. The van der Waals surface area contributed by atoms with Crippen LogP contribution >= 0.6 is 11.6 Å². The molecule has 0 aliphatic rings. The van der Waals surface area contributed by atoms with Crippen LogP contribution in [0.2, 0.25) is 0 Å². The van der Waals surface area contributed by atoms with Gasteiger partial charge in [0.2, 0.25) is 0 Å². The molecule has 0 bridgehead atoms. The summed E-state index contributed by atoms with van der Waals surface area (Å²) in [4.78, 5) is 20.5. The lowest BCUT2D eigenvalue weighted by atomic mass is 10.5. The highest BCUT2D eigenvalue weighted by atomic mass is 35.5. The molecule has 0 aliphatic carbocycles. The van der Waals surface area contributed by atoms with E-state index in [2.05, 4.69) is 4.74 Å². The van der Waals surface area contributed by atoms with Crippen molar-refractivity contribution in [1.82, 2.24) is 0 Å². The Balaban J connectivity index is 3.60. The van der Waals surface area contributed by atoms with Gasteiger partial charge in [0.05, 0.1) is 6.07 Å².